The summed E-state index contributed by atoms with van der Waals surface area (Å²) in [6.45, 7) is 5.46. The number of nitrogens with one attached hydrogen (secondary N) is 1. The predicted molar refractivity (Wildman–Crippen MR) is 104 cm³/mol. The number of halogens is 1. The fourth-order valence-electron chi connectivity index (χ4n) is 3.17. The minimum atomic E-state index is -0.586. The topological polar surface area (TPSA) is 89.3 Å². The zero-order valence-electron chi connectivity index (χ0n) is 15.2. The number of anilines is 1. The summed E-state index contributed by atoms with van der Waals surface area (Å²) < 4.78 is 0. The van der Waals surface area contributed by atoms with E-state index in [4.69, 9.17) is 11.6 Å². The highest BCUT2D eigenvalue weighted by Crippen LogP contribution is 2.31. The van der Waals surface area contributed by atoms with Crippen molar-refractivity contribution in [2.45, 2.75) is 19.9 Å². The lowest BCUT2D eigenvalue weighted by atomic mass is 10.1. The van der Waals surface area contributed by atoms with Gasteiger partial charge in [0.15, 0.2) is 0 Å². The highest BCUT2D eigenvalue weighted by Gasteiger charge is 2.28. The van der Waals surface area contributed by atoms with Crippen molar-refractivity contribution in [1.29, 1.82) is 5.26 Å². The first-order valence-corrected chi connectivity index (χ1v) is 9.11. The first-order chi connectivity index (χ1) is 12.9. The second kappa shape index (κ2) is 7.80. The fourth-order valence-corrected chi connectivity index (χ4v) is 3.35. The van der Waals surface area contributed by atoms with Crippen LogP contribution in [0.4, 0.5) is 5.69 Å². The number of aromatic nitrogens is 1. The second-order valence-corrected chi connectivity index (χ2v) is 7.14. The Kier molecular flexibility index (Phi) is 5.47. The van der Waals surface area contributed by atoms with Crippen LogP contribution in [0, 0.1) is 11.3 Å². The molecule has 1 N–H and O–H groups in total. The molecule has 1 fully saturated rings. The first kappa shape index (κ1) is 18.9. The number of benzene rings is 1. The number of carbonyl (C=O) groups is 2. The quantitative estimate of drug-likeness (QED) is 0.798. The Balaban J connectivity index is 1.82. The Labute approximate surface area is 162 Å². The van der Waals surface area contributed by atoms with E-state index < -0.39 is 11.8 Å². The van der Waals surface area contributed by atoms with Gasteiger partial charge in [0.05, 0.1) is 16.8 Å². The molecule has 0 aliphatic carbocycles. The third kappa shape index (κ3) is 3.96. The average molecular weight is 386 g/mol. The van der Waals surface area contributed by atoms with Crippen molar-refractivity contribution >= 4 is 40.0 Å². The maximum atomic E-state index is 12.3. The molecule has 1 aromatic heterocycles. The van der Waals surface area contributed by atoms with Gasteiger partial charge in [-0.15, -0.1) is 0 Å². The lowest BCUT2D eigenvalue weighted by molar-refractivity contribution is -0.146. The summed E-state index contributed by atoms with van der Waals surface area (Å²) in [4.78, 5) is 32.1. The van der Waals surface area contributed by atoms with Gasteiger partial charge in [-0.05, 0) is 32.0 Å². The SMILES string of the molecule is CC(C)NC(=O)C(=O)N1CCN(c2c(C#N)cnc3ccc(Cl)cc23)CC1. The molecule has 2 aromatic rings. The number of fused-ring (bicyclic) bond motifs is 1. The van der Waals surface area contributed by atoms with Crippen LogP contribution < -0.4 is 10.2 Å². The van der Waals surface area contributed by atoms with E-state index in [0.29, 0.717) is 36.8 Å². The largest absolute Gasteiger partial charge is 0.366 e. The van der Waals surface area contributed by atoms with Crippen LogP contribution in [-0.2, 0) is 9.59 Å². The summed E-state index contributed by atoms with van der Waals surface area (Å²) in [5.41, 5.74) is 1.98. The number of hydrogen-bond acceptors (Lipinski definition) is 5. The van der Waals surface area contributed by atoms with Crippen LogP contribution in [0.15, 0.2) is 24.4 Å². The molecule has 0 atom stereocenters. The molecule has 1 aliphatic heterocycles. The smallest absolute Gasteiger partial charge is 0.312 e. The molecule has 27 heavy (non-hydrogen) atoms. The van der Waals surface area contributed by atoms with Gasteiger partial charge in [0.2, 0.25) is 0 Å². The second-order valence-electron chi connectivity index (χ2n) is 6.70. The number of amides is 2. The van der Waals surface area contributed by atoms with Gasteiger partial charge in [-0.25, -0.2) is 0 Å². The monoisotopic (exact) mass is 385 g/mol. The van der Waals surface area contributed by atoms with Gasteiger partial charge in [0.25, 0.3) is 0 Å². The highest BCUT2D eigenvalue weighted by atomic mass is 35.5. The Morgan fingerprint density at radius 3 is 2.59 bits per heavy atom. The van der Waals surface area contributed by atoms with Crippen LogP contribution in [0.5, 0.6) is 0 Å². The Morgan fingerprint density at radius 2 is 1.96 bits per heavy atom. The molecular weight excluding hydrogens is 366 g/mol. The van der Waals surface area contributed by atoms with Gasteiger partial charge in [-0.2, -0.15) is 5.26 Å². The zero-order chi connectivity index (χ0) is 19.6. The van der Waals surface area contributed by atoms with Gasteiger partial charge < -0.3 is 15.1 Å². The standard InChI is InChI=1S/C19H20ClN5O2/c1-12(2)23-18(26)19(27)25-7-5-24(6-8-25)17-13(10-21)11-22-16-4-3-14(20)9-15(16)17/h3-4,9,11-12H,5-8H2,1-2H3,(H,23,26). The maximum absolute atomic E-state index is 12.3. The molecule has 0 bridgehead atoms. The molecular formula is C19H20ClN5O2. The van der Waals surface area contributed by atoms with E-state index in [0.717, 1.165) is 16.6 Å². The van der Waals surface area contributed by atoms with Gasteiger partial charge in [-0.1, -0.05) is 11.6 Å². The van der Waals surface area contributed by atoms with Gasteiger partial charge in [-0.3, -0.25) is 14.6 Å². The van der Waals surface area contributed by atoms with Crippen molar-refractivity contribution in [1.82, 2.24) is 15.2 Å². The third-order valence-electron chi connectivity index (χ3n) is 4.42. The number of rotatable bonds is 2. The zero-order valence-corrected chi connectivity index (χ0v) is 16.0. The lowest BCUT2D eigenvalue weighted by Crippen LogP contribution is -2.53. The molecule has 0 spiro atoms. The van der Waals surface area contributed by atoms with E-state index in [1.54, 1.807) is 18.3 Å². The van der Waals surface area contributed by atoms with Crippen molar-refractivity contribution in [3.8, 4) is 6.07 Å². The molecule has 3 rings (SSSR count). The molecule has 1 saturated heterocycles. The number of nitrogens with zero attached hydrogens (tertiary/aromatic N) is 4. The minimum Gasteiger partial charge on any atom is -0.366 e. The Bertz CT molecular complexity index is 930. The number of hydrogen-bond donors (Lipinski definition) is 1. The number of piperazine rings is 1. The summed E-state index contributed by atoms with van der Waals surface area (Å²) in [6.07, 6.45) is 1.55. The van der Waals surface area contributed by atoms with E-state index >= 15 is 0 Å². The van der Waals surface area contributed by atoms with Crippen LogP contribution in [0.1, 0.15) is 19.4 Å². The van der Waals surface area contributed by atoms with Crippen LogP contribution >= 0.6 is 11.6 Å². The number of carbonyl (C=O) groups excluding carboxylic acids is 2. The molecule has 7 nitrogen and oxygen atoms in total. The lowest BCUT2D eigenvalue weighted by Gasteiger charge is -2.36. The molecule has 0 saturated carbocycles. The number of nitriles is 1. The van der Waals surface area contributed by atoms with E-state index in [1.165, 1.54) is 4.90 Å². The minimum absolute atomic E-state index is 0.0890. The molecule has 8 heteroatoms. The van der Waals surface area contributed by atoms with Crippen molar-refractivity contribution in [3.05, 3.63) is 35.0 Å². The van der Waals surface area contributed by atoms with Gasteiger partial charge in [0.1, 0.15) is 6.07 Å². The van der Waals surface area contributed by atoms with Gasteiger partial charge >= 0.3 is 11.8 Å². The molecule has 140 valence electrons. The first-order valence-electron chi connectivity index (χ1n) is 8.73. The molecule has 1 aromatic carbocycles. The van der Waals surface area contributed by atoms with Crippen LogP contribution in [0.2, 0.25) is 5.02 Å². The van der Waals surface area contributed by atoms with E-state index in [9.17, 15) is 14.9 Å². The van der Waals surface area contributed by atoms with Crippen molar-refractivity contribution in [2.24, 2.45) is 0 Å². The molecule has 0 radical (unpaired) electrons. The Hall–Kier alpha value is -2.85. The maximum Gasteiger partial charge on any atom is 0.312 e. The third-order valence-corrected chi connectivity index (χ3v) is 4.65. The van der Waals surface area contributed by atoms with Crippen molar-refractivity contribution in [2.75, 3.05) is 31.1 Å². The summed E-state index contributed by atoms with van der Waals surface area (Å²) in [6, 6.07) is 7.47. The summed E-state index contributed by atoms with van der Waals surface area (Å²) in [5, 5.41) is 13.5. The molecule has 2 amide bonds. The normalized spacial score (nSPS) is 14.3. The van der Waals surface area contributed by atoms with Crippen LogP contribution in [0.3, 0.4) is 0 Å². The van der Waals surface area contributed by atoms with E-state index in [1.807, 2.05) is 24.8 Å². The summed E-state index contributed by atoms with van der Waals surface area (Å²) >= 11 is 6.14. The molecule has 0 unspecified atom stereocenters. The molecule has 1 aliphatic rings. The molecule has 2 heterocycles. The van der Waals surface area contributed by atoms with E-state index in [-0.39, 0.29) is 6.04 Å². The van der Waals surface area contributed by atoms with Crippen LogP contribution in [0.25, 0.3) is 10.9 Å². The van der Waals surface area contributed by atoms with Crippen molar-refractivity contribution in [3.63, 3.8) is 0 Å². The van der Waals surface area contributed by atoms with Crippen molar-refractivity contribution < 1.29 is 9.59 Å². The summed E-state index contributed by atoms with van der Waals surface area (Å²) in [5.74, 6) is -1.11. The number of pyridine rings is 1. The van der Waals surface area contributed by atoms with Gasteiger partial charge in [0, 0.05) is 48.8 Å². The fraction of sp³-hybridized carbons (Fsp3) is 0.368. The Morgan fingerprint density at radius 1 is 1.26 bits per heavy atom. The highest BCUT2D eigenvalue weighted by molar-refractivity contribution is 6.35. The van der Waals surface area contributed by atoms with E-state index in [2.05, 4.69) is 16.4 Å². The van der Waals surface area contributed by atoms with Crippen LogP contribution in [-0.4, -0.2) is 53.9 Å². The summed E-state index contributed by atoms with van der Waals surface area (Å²) in [7, 11) is 0. The predicted octanol–water partition coefficient (Wildman–Crippen LogP) is 1.93. The average Bonchev–Trinajstić information content (AvgIpc) is 2.66.